The highest BCUT2D eigenvalue weighted by Crippen LogP contribution is 2.33. The van der Waals surface area contributed by atoms with Crippen molar-refractivity contribution in [3.05, 3.63) is 99.5 Å². The largest absolute Gasteiger partial charge is 0.492 e. The number of hydrogen-bond acceptors (Lipinski definition) is 7. The molecule has 1 aliphatic rings. The Morgan fingerprint density at radius 2 is 1.84 bits per heavy atom. The lowest BCUT2D eigenvalue weighted by molar-refractivity contribution is -0.757. The van der Waals surface area contributed by atoms with E-state index in [1.807, 2.05) is 12.1 Å². The topological polar surface area (TPSA) is 116 Å². The van der Waals surface area contributed by atoms with Crippen LogP contribution in [0, 0.1) is 15.9 Å². The summed E-state index contributed by atoms with van der Waals surface area (Å²) in [5.74, 6) is -0.602. The monoisotopic (exact) mass is 586 g/mol. The molecule has 2 N–H and O–H groups in total. The van der Waals surface area contributed by atoms with Crippen molar-refractivity contribution in [3.8, 4) is 16.9 Å². The van der Waals surface area contributed by atoms with Gasteiger partial charge in [0.15, 0.2) is 0 Å². The summed E-state index contributed by atoms with van der Waals surface area (Å²) in [7, 11) is 0. The number of rotatable bonds is 13. The van der Waals surface area contributed by atoms with Crippen molar-refractivity contribution in [1.29, 1.82) is 0 Å². The van der Waals surface area contributed by atoms with E-state index in [-0.39, 0.29) is 19.1 Å². The molecule has 9 nitrogen and oxygen atoms in total. The molecule has 224 valence electrons. The number of carbonyl (C=O) groups excluding carboxylic acids is 1. The second-order valence-corrected chi connectivity index (χ2v) is 10.6. The highest BCUT2D eigenvalue weighted by atomic mass is 19.1. The van der Waals surface area contributed by atoms with Crippen LogP contribution in [0.1, 0.15) is 48.9 Å². The van der Waals surface area contributed by atoms with E-state index in [0.717, 1.165) is 36.7 Å². The number of para-hydroxylation sites is 1. The van der Waals surface area contributed by atoms with Crippen molar-refractivity contribution in [2.75, 3.05) is 31.6 Å². The van der Waals surface area contributed by atoms with E-state index in [1.165, 1.54) is 35.9 Å². The number of carbonyl (C=O) groups is 1. The number of benzene rings is 3. The Hall–Kier alpha value is -4.73. The van der Waals surface area contributed by atoms with Crippen molar-refractivity contribution in [3.63, 3.8) is 0 Å². The number of amides is 1. The van der Waals surface area contributed by atoms with Gasteiger partial charge < -0.3 is 20.2 Å². The van der Waals surface area contributed by atoms with Gasteiger partial charge in [0.05, 0.1) is 11.4 Å². The van der Waals surface area contributed by atoms with Gasteiger partial charge in [0.2, 0.25) is 5.91 Å². The van der Waals surface area contributed by atoms with Crippen LogP contribution in [0.15, 0.2) is 66.7 Å². The summed E-state index contributed by atoms with van der Waals surface area (Å²) in [5, 5.41) is 17.1. The lowest BCUT2D eigenvalue weighted by Gasteiger charge is -2.22. The molecule has 1 heterocycles. The minimum absolute atomic E-state index is 0.0174. The molecule has 0 bridgehead atoms. The Morgan fingerprint density at radius 1 is 1.05 bits per heavy atom. The molecule has 0 radical (unpaired) electrons. The Bertz CT molecular complexity index is 1590. The number of anilines is 1. The number of nitrogens with one attached hydrogen (secondary N) is 2. The number of halogens is 1. The third kappa shape index (κ3) is 7.38. The zero-order valence-corrected chi connectivity index (χ0v) is 24.1. The quantitative estimate of drug-likeness (QED) is 0.108. The van der Waals surface area contributed by atoms with Crippen LogP contribution in [0.25, 0.3) is 22.0 Å². The van der Waals surface area contributed by atoms with Crippen molar-refractivity contribution >= 4 is 22.5 Å². The zero-order valence-electron chi connectivity index (χ0n) is 24.1. The van der Waals surface area contributed by atoms with Gasteiger partial charge in [0.1, 0.15) is 24.8 Å². The summed E-state index contributed by atoms with van der Waals surface area (Å²) in [5.41, 5.74) is 6.32. The first-order chi connectivity index (χ1) is 20.9. The minimum Gasteiger partial charge on any atom is -0.492 e. The molecule has 0 aliphatic heterocycles. The van der Waals surface area contributed by atoms with Crippen molar-refractivity contribution in [1.82, 2.24) is 10.3 Å². The van der Waals surface area contributed by atoms with E-state index in [0.29, 0.717) is 29.0 Å². The average Bonchev–Trinajstić information content (AvgIpc) is 3.02. The van der Waals surface area contributed by atoms with Crippen molar-refractivity contribution < 1.29 is 23.8 Å². The molecule has 1 amide bonds. The first-order valence-corrected chi connectivity index (χ1v) is 14.6. The van der Waals surface area contributed by atoms with Crippen LogP contribution in [0.5, 0.6) is 5.75 Å². The Morgan fingerprint density at radius 3 is 2.63 bits per heavy atom. The third-order valence-electron chi connectivity index (χ3n) is 7.72. The maximum atomic E-state index is 15.1. The second kappa shape index (κ2) is 14.0. The number of nitrogens with zero attached hydrogens (tertiary/aromatic N) is 2. The molecule has 1 unspecified atom stereocenters. The molecule has 5 rings (SSSR count). The maximum Gasteiger partial charge on any atom is 0.294 e. The number of fused-ring (bicyclic) bond motifs is 2. The summed E-state index contributed by atoms with van der Waals surface area (Å²) in [6.45, 7) is 2.83. The van der Waals surface area contributed by atoms with Gasteiger partial charge in [-0.1, -0.05) is 42.5 Å². The smallest absolute Gasteiger partial charge is 0.294 e. The standard InChI is InChI=1S/C33H35FN4O5/c1-22(24-13-16-26(29(34)21-24)23-11-14-25(15-12-23)42-19-20-43-38(40)41)33(39)36-18-6-17-35-32-27-7-2-4-9-30(27)37-31-10-5-3-8-28(31)32/h2,4,7,9,11-16,21-22H,3,5-6,8,10,17-20H2,1H3,(H,35,37)(H,36,39). The molecule has 43 heavy (non-hydrogen) atoms. The molecule has 4 aromatic rings. The molecule has 3 aromatic carbocycles. The molecule has 1 aromatic heterocycles. The van der Waals surface area contributed by atoms with Gasteiger partial charge in [-0.2, -0.15) is 0 Å². The Labute approximate surface area is 249 Å². The first-order valence-electron chi connectivity index (χ1n) is 14.6. The van der Waals surface area contributed by atoms with E-state index in [1.54, 1.807) is 43.3 Å². The van der Waals surface area contributed by atoms with Gasteiger partial charge in [-0.3, -0.25) is 9.78 Å². The Balaban J connectivity index is 1.12. The lowest BCUT2D eigenvalue weighted by Crippen LogP contribution is -2.30. The summed E-state index contributed by atoms with van der Waals surface area (Å²) in [6, 6.07) is 19.8. The van der Waals surface area contributed by atoms with Gasteiger partial charge in [0, 0.05) is 35.4 Å². The molecule has 0 spiro atoms. The molecular weight excluding hydrogens is 551 g/mol. The normalized spacial score (nSPS) is 13.2. The van der Waals surface area contributed by atoms with Crippen LogP contribution < -0.4 is 15.4 Å². The zero-order chi connectivity index (χ0) is 30.2. The van der Waals surface area contributed by atoms with Crippen LogP contribution in [-0.4, -0.2) is 42.3 Å². The molecule has 0 saturated carbocycles. The SMILES string of the molecule is CC(C(=O)NCCCNc1c2c(nc3ccccc13)CCCC2)c1ccc(-c2ccc(OCCO[N+](=O)[O-])cc2)c(F)c1. The van der Waals surface area contributed by atoms with Gasteiger partial charge in [-0.25, -0.2) is 4.39 Å². The Kier molecular flexibility index (Phi) is 9.66. The third-order valence-corrected chi connectivity index (χ3v) is 7.72. The molecule has 0 saturated heterocycles. The summed E-state index contributed by atoms with van der Waals surface area (Å²) < 4.78 is 20.5. The summed E-state index contributed by atoms with van der Waals surface area (Å²) in [6.07, 6.45) is 5.13. The fourth-order valence-electron chi connectivity index (χ4n) is 5.43. The van der Waals surface area contributed by atoms with Crippen molar-refractivity contribution in [2.45, 2.75) is 44.9 Å². The highest BCUT2D eigenvalue weighted by molar-refractivity contribution is 5.93. The molecule has 1 aliphatic carbocycles. The van der Waals surface area contributed by atoms with E-state index in [9.17, 15) is 14.9 Å². The predicted octanol–water partition coefficient (Wildman–Crippen LogP) is 6.23. The van der Waals surface area contributed by atoms with E-state index < -0.39 is 16.8 Å². The highest BCUT2D eigenvalue weighted by Gasteiger charge is 2.19. The lowest BCUT2D eigenvalue weighted by atomic mass is 9.92. The fourth-order valence-corrected chi connectivity index (χ4v) is 5.43. The van der Waals surface area contributed by atoms with Crippen LogP contribution in [-0.2, 0) is 22.5 Å². The molecule has 10 heteroatoms. The van der Waals surface area contributed by atoms with Gasteiger partial charge >= 0.3 is 0 Å². The number of pyridine rings is 1. The van der Waals surface area contributed by atoms with Gasteiger partial charge in [0.25, 0.3) is 5.09 Å². The fraction of sp³-hybridized carbons (Fsp3) is 0.333. The second-order valence-electron chi connectivity index (χ2n) is 10.6. The molecular formula is C33H35FN4O5. The minimum atomic E-state index is -0.876. The number of hydrogen-bond donors (Lipinski definition) is 2. The van der Waals surface area contributed by atoms with E-state index in [4.69, 9.17) is 9.72 Å². The number of ether oxygens (including phenoxy) is 1. The van der Waals surface area contributed by atoms with Crippen LogP contribution >= 0.6 is 0 Å². The predicted molar refractivity (Wildman–Crippen MR) is 163 cm³/mol. The van der Waals surface area contributed by atoms with Gasteiger partial charge in [-0.15, -0.1) is 10.1 Å². The molecule has 1 atom stereocenters. The maximum absolute atomic E-state index is 15.1. The molecule has 0 fully saturated rings. The van der Waals surface area contributed by atoms with Gasteiger partial charge in [-0.05, 0) is 80.0 Å². The van der Waals surface area contributed by atoms with Crippen LogP contribution in [0.4, 0.5) is 10.1 Å². The summed E-state index contributed by atoms with van der Waals surface area (Å²) >= 11 is 0. The first kappa shape index (κ1) is 29.8. The number of aryl methyl sites for hydroxylation is 1. The van der Waals surface area contributed by atoms with Crippen LogP contribution in [0.3, 0.4) is 0 Å². The van der Waals surface area contributed by atoms with E-state index in [2.05, 4.69) is 27.6 Å². The number of aromatic nitrogens is 1. The average molecular weight is 587 g/mol. The summed E-state index contributed by atoms with van der Waals surface area (Å²) in [4.78, 5) is 32.2. The van der Waals surface area contributed by atoms with Crippen molar-refractivity contribution in [2.24, 2.45) is 0 Å². The van der Waals surface area contributed by atoms with Crippen LogP contribution in [0.2, 0.25) is 0 Å². The van der Waals surface area contributed by atoms with E-state index >= 15 is 4.39 Å².